The average Bonchev–Trinajstić information content (AvgIpc) is 2.30. The number of piperidine rings is 1. The van der Waals surface area contributed by atoms with E-state index in [1.165, 1.54) is 0 Å². The number of rotatable bonds is 4. The van der Waals surface area contributed by atoms with Crippen LogP contribution in [0, 0.1) is 0 Å². The van der Waals surface area contributed by atoms with Gasteiger partial charge in [0.25, 0.3) is 0 Å². The second-order valence-corrected chi connectivity index (χ2v) is 4.41. The van der Waals surface area contributed by atoms with Crippen molar-refractivity contribution in [3.8, 4) is 0 Å². The summed E-state index contributed by atoms with van der Waals surface area (Å²) in [7, 11) is 0. The predicted octanol–water partition coefficient (Wildman–Crippen LogP) is 1.52. The first kappa shape index (κ1) is 13.8. The molecule has 1 heterocycles. The van der Waals surface area contributed by atoms with Gasteiger partial charge in [-0.15, -0.1) is 0 Å². The largest absolute Gasteiger partial charge is 0.450 e. The highest BCUT2D eigenvalue weighted by molar-refractivity contribution is 5.73. The van der Waals surface area contributed by atoms with E-state index in [-0.39, 0.29) is 18.0 Å². The van der Waals surface area contributed by atoms with Gasteiger partial charge < -0.3 is 15.0 Å². The van der Waals surface area contributed by atoms with Gasteiger partial charge >= 0.3 is 6.09 Å². The first-order valence-corrected chi connectivity index (χ1v) is 6.32. The maximum Gasteiger partial charge on any atom is 0.407 e. The van der Waals surface area contributed by atoms with Gasteiger partial charge in [-0.25, -0.2) is 4.79 Å². The summed E-state index contributed by atoms with van der Waals surface area (Å²) in [5.41, 5.74) is 0. The summed E-state index contributed by atoms with van der Waals surface area (Å²) >= 11 is 0. The van der Waals surface area contributed by atoms with Gasteiger partial charge in [0.2, 0.25) is 5.91 Å². The fraction of sp³-hybridized carbons (Fsp3) is 0.833. The highest BCUT2D eigenvalue weighted by Gasteiger charge is 2.22. The zero-order chi connectivity index (χ0) is 12.7. The molecule has 0 bridgehead atoms. The van der Waals surface area contributed by atoms with Gasteiger partial charge in [0.15, 0.2) is 0 Å². The van der Waals surface area contributed by atoms with Gasteiger partial charge in [0.05, 0.1) is 6.61 Å². The fourth-order valence-electron chi connectivity index (χ4n) is 1.86. The summed E-state index contributed by atoms with van der Waals surface area (Å²) in [5.74, 6) is 0.106. The standard InChI is InChI=1S/C12H22N2O3/c1-3-4-9-17-12(16)13-11-5-7-14(8-6-11)10(2)15/h11H,3-9H2,1-2H3,(H,13,16). The van der Waals surface area contributed by atoms with Crippen LogP contribution in [0.15, 0.2) is 0 Å². The Labute approximate surface area is 102 Å². The van der Waals surface area contributed by atoms with Crippen molar-refractivity contribution in [1.29, 1.82) is 0 Å². The molecule has 5 nitrogen and oxygen atoms in total. The predicted molar refractivity (Wildman–Crippen MR) is 64.7 cm³/mol. The van der Waals surface area contributed by atoms with Crippen LogP contribution in [0.25, 0.3) is 0 Å². The lowest BCUT2D eigenvalue weighted by atomic mass is 10.1. The SMILES string of the molecule is CCCCOC(=O)NC1CCN(C(C)=O)CC1. The van der Waals surface area contributed by atoms with Crippen LogP contribution in [-0.2, 0) is 9.53 Å². The van der Waals surface area contributed by atoms with E-state index in [0.717, 1.165) is 38.8 Å². The number of alkyl carbamates (subject to hydrolysis) is 1. The summed E-state index contributed by atoms with van der Waals surface area (Å²) in [6, 6.07) is 0.139. The maximum atomic E-state index is 11.4. The number of nitrogens with zero attached hydrogens (tertiary/aromatic N) is 1. The van der Waals surface area contributed by atoms with Gasteiger partial charge in [-0.2, -0.15) is 0 Å². The molecule has 0 unspecified atom stereocenters. The van der Waals surface area contributed by atoms with Crippen LogP contribution < -0.4 is 5.32 Å². The van der Waals surface area contributed by atoms with E-state index in [2.05, 4.69) is 12.2 Å². The Morgan fingerprint density at radius 2 is 2.00 bits per heavy atom. The Morgan fingerprint density at radius 1 is 1.35 bits per heavy atom. The molecule has 1 aliphatic rings. The molecule has 17 heavy (non-hydrogen) atoms. The Kier molecular flexibility index (Phi) is 5.80. The van der Waals surface area contributed by atoms with E-state index in [9.17, 15) is 9.59 Å². The molecule has 0 spiro atoms. The molecule has 1 saturated heterocycles. The molecule has 0 aromatic heterocycles. The monoisotopic (exact) mass is 242 g/mol. The molecular formula is C12H22N2O3. The minimum Gasteiger partial charge on any atom is -0.450 e. The van der Waals surface area contributed by atoms with Crippen LogP contribution >= 0.6 is 0 Å². The van der Waals surface area contributed by atoms with Crippen LogP contribution in [0.5, 0.6) is 0 Å². The first-order chi connectivity index (χ1) is 8.13. The third-order valence-electron chi connectivity index (χ3n) is 2.99. The summed E-state index contributed by atoms with van der Waals surface area (Å²) in [5, 5.41) is 2.84. The van der Waals surface area contributed by atoms with Crippen molar-refractivity contribution in [1.82, 2.24) is 10.2 Å². The summed E-state index contributed by atoms with van der Waals surface area (Å²) in [6.45, 7) is 5.55. The van der Waals surface area contributed by atoms with E-state index in [0.29, 0.717) is 6.61 Å². The minimum absolute atomic E-state index is 0.106. The van der Waals surface area contributed by atoms with E-state index >= 15 is 0 Å². The molecule has 0 aliphatic carbocycles. The zero-order valence-corrected chi connectivity index (χ0v) is 10.7. The molecule has 2 amide bonds. The van der Waals surface area contributed by atoms with E-state index in [4.69, 9.17) is 4.74 Å². The topological polar surface area (TPSA) is 58.6 Å². The number of nitrogens with one attached hydrogen (secondary N) is 1. The second-order valence-electron chi connectivity index (χ2n) is 4.41. The molecule has 98 valence electrons. The van der Waals surface area contributed by atoms with Crippen molar-refractivity contribution in [3.63, 3.8) is 0 Å². The number of carbonyl (C=O) groups is 2. The lowest BCUT2D eigenvalue weighted by Crippen LogP contribution is -2.46. The Balaban J connectivity index is 2.17. The Bertz CT molecular complexity index is 260. The normalized spacial score (nSPS) is 16.7. The quantitative estimate of drug-likeness (QED) is 0.760. The Morgan fingerprint density at radius 3 is 2.53 bits per heavy atom. The van der Waals surface area contributed by atoms with Gasteiger partial charge in [-0.1, -0.05) is 13.3 Å². The average molecular weight is 242 g/mol. The van der Waals surface area contributed by atoms with Gasteiger partial charge in [-0.05, 0) is 19.3 Å². The molecule has 0 radical (unpaired) electrons. The van der Waals surface area contributed by atoms with Crippen molar-refractivity contribution < 1.29 is 14.3 Å². The Hall–Kier alpha value is -1.26. The number of unbranched alkanes of at least 4 members (excludes halogenated alkanes) is 1. The van der Waals surface area contributed by atoms with Crippen LogP contribution in [0.3, 0.4) is 0 Å². The van der Waals surface area contributed by atoms with Crippen molar-refractivity contribution in [3.05, 3.63) is 0 Å². The first-order valence-electron chi connectivity index (χ1n) is 6.32. The zero-order valence-electron chi connectivity index (χ0n) is 10.7. The van der Waals surface area contributed by atoms with Crippen molar-refractivity contribution in [2.75, 3.05) is 19.7 Å². The molecule has 0 atom stereocenters. The minimum atomic E-state index is -0.334. The number of likely N-dealkylation sites (tertiary alicyclic amines) is 1. The number of carbonyl (C=O) groups excluding carboxylic acids is 2. The molecule has 1 fully saturated rings. The fourth-order valence-corrected chi connectivity index (χ4v) is 1.86. The second kappa shape index (κ2) is 7.14. The third-order valence-corrected chi connectivity index (χ3v) is 2.99. The third kappa shape index (κ3) is 5.06. The van der Waals surface area contributed by atoms with Gasteiger partial charge in [0.1, 0.15) is 0 Å². The highest BCUT2D eigenvalue weighted by atomic mass is 16.5. The van der Waals surface area contributed by atoms with E-state index in [1.807, 2.05) is 0 Å². The van der Waals surface area contributed by atoms with Gasteiger partial charge in [-0.3, -0.25) is 4.79 Å². The molecule has 1 rings (SSSR count). The number of hydrogen-bond acceptors (Lipinski definition) is 3. The molecule has 1 N–H and O–H groups in total. The number of ether oxygens (including phenoxy) is 1. The van der Waals surface area contributed by atoms with Crippen LogP contribution in [0.4, 0.5) is 4.79 Å². The molecule has 1 aliphatic heterocycles. The smallest absolute Gasteiger partial charge is 0.407 e. The highest BCUT2D eigenvalue weighted by Crippen LogP contribution is 2.10. The lowest BCUT2D eigenvalue weighted by molar-refractivity contribution is -0.129. The van der Waals surface area contributed by atoms with Crippen LogP contribution in [-0.4, -0.2) is 42.6 Å². The molecule has 0 saturated carbocycles. The van der Waals surface area contributed by atoms with Crippen molar-refractivity contribution >= 4 is 12.0 Å². The van der Waals surface area contributed by atoms with Crippen molar-refractivity contribution in [2.24, 2.45) is 0 Å². The van der Waals surface area contributed by atoms with Crippen LogP contribution in [0.1, 0.15) is 39.5 Å². The number of amides is 2. The summed E-state index contributed by atoms with van der Waals surface area (Å²) in [6.07, 6.45) is 3.20. The summed E-state index contributed by atoms with van der Waals surface area (Å²) < 4.78 is 5.03. The molecule has 0 aromatic carbocycles. The van der Waals surface area contributed by atoms with Crippen molar-refractivity contribution in [2.45, 2.75) is 45.6 Å². The molecule has 0 aromatic rings. The lowest BCUT2D eigenvalue weighted by Gasteiger charge is -2.31. The number of hydrogen-bond donors (Lipinski definition) is 1. The van der Waals surface area contributed by atoms with Crippen LogP contribution in [0.2, 0.25) is 0 Å². The molecular weight excluding hydrogens is 220 g/mol. The maximum absolute atomic E-state index is 11.4. The molecule has 5 heteroatoms. The van der Waals surface area contributed by atoms with E-state index in [1.54, 1.807) is 11.8 Å². The summed E-state index contributed by atoms with van der Waals surface area (Å²) in [4.78, 5) is 24.3. The van der Waals surface area contributed by atoms with Gasteiger partial charge in [0, 0.05) is 26.1 Å². The van der Waals surface area contributed by atoms with E-state index < -0.39 is 0 Å².